The van der Waals surface area contributed by atoms with Gasteiger partial charge in [-0.2, -0.15) is 0 Å². The minimum Gasteiger partial charge on any atom is -0.276 e. The molecular weight excluding hydrogens is 102 g/mol. The lowest BCUT2D eigenvalue weighted by Crippen LogP contribution is -2.85. The highest BCUT2D eigenvalue weighted by molar-refractivity contribution is 5.81. The second kappa shape index (κ2) is 2.09. The summed E-state index contributed by atoms with van der Waals surface area (Å²) in [5, 5.41) is 1.72. The molecule has 1 amide bonds. The maximum absolute atomic E-state index is 10.5. The molecular formula is C6H10NO+. The summed E-state index contributed by atoms with van der Waals surface area (Å²) in [6, 6.07) is 0. The fraction of sp³-hybridized carbons (Fsp3) is 0.500. The maximum Gasteiger partial charge on any atom is 0.335 e. The van der Waals surface area contributed by atoms with Crippen molar-refractivity contribution in [2.75, 3.05) is 6.54 Å². The Kier molecular flexibility index (Phi) is 1.44. The van der Waals surface area contributed by atoms with Gasteiger partial charge in [0.15, 0.2) is 0 Å². The van der Waals surface area contributed by atoms with Crippen LogP contribution in [0.5, 0.6) is 0 Å². The molecule has 1 aliphatic rings. The molecule has 0 aromatic heterocycles. The van der Waals surface area contributed by atoms with Gasteiger partial charge in [-0.3, -0.25) is 5.32 Å². The summed E-state index contributed by atoms with van der Waals surface area (Å²) in [4.78, 5) is 10.5. The highest BCUT2D eigenvalue weighted by atomic mass is 16.1. The van der Waals surface area contributed by atoms with Gasteiger partial charge < -0.3 is 0 Å². The molecule has 2 nitrogen and oxygen atoms in total. The average Bonchev–Trinajstić information content (AvgIpc) is 2.14. The average molecular weight is 112 g/mol. The molecule has 0 aromatic carbocycles. The molecule has 0 bridgehead atoms. The van der Waals surface area contributed by atoms with E-state index in [1.54, 1.807) is 11.4 Å². The van der Waals surface area contributed by atoms with Gasteiger partial charge in [-0.25, -0.2) is 4.79 Å². The number of rotatable bonds is 1. The van der Waals surface area contributed by atoms with Crippen LogP contribution in [0, 0.1) is 0 Å². The van der Waals surface area contributed by atoms with Crippen LogP contribution in [0.2, 0.25) is 0 Å². The van der Waals surface area contributed by atoms with Crippen molar-refractivity contribution < 1.29 is 10.1 Å². The Morgan fingerprint density at radius 1 is 1.88 bits per heavy atom. The summed E-state index contributed by atoms with van der Waals surface area (Å²) in [5.74, 6) is 0.182. The third-order valence-electron chi connectivity index (χ3n) is 1.37. The Morgan fingerprint density at radius 3 is 2.88 bits per heavy atom. The van der Waals surface area contributed by atoms with Gasteiger partial charge in [0.1, 0.15) is 6.54 Å². The predicted octanol–water partition coefficient (Wildman–Crippen LogP) is -0.574. The lowest BCUT2D eigenvalue weighted by Gasteiger charge is -1.85. The Morgan fingerprint density at radius 2 is 2.62 bits per heavy atom. The van der Waals surface area contributed by atoms with Crippen molar-refractivity contribution in [3.05, 3.63) is 11.6 Å². The van der Waals surface area contributed by atoms with Gasteiger partial charge in [-0.05, 0) is 12.0 Å². The largest absolute Gasteiger partial charge is 0.335 e. The highest BCUT2D eigenvalue weighted by Crippen LogP contribution is 1.97. The molecule has 0 saturated carbocycles. The summed E-state index contributed by atoms with van der Waals surface area (Å²) in [7, 11) is 0. The molecule has 1 aliphatic heterocycles. The highest BCUT2D eigenvalue weighted by Gasteiger charge is 2.12. The topological polar surface area (TPSA) is 33.7 Å². The Labute approximate surface area is 48.6 Å². The molecule has 1 heterocycles. The van der Waals surface area contributed by atoms with Crippen LogP contribution in [-0.2, 0) is 4.79 Å². The molecule has 0 unspecified atom stereocenters. The van der Waals surface area contributed by atoms with Gasteiger partial charge >= 0.3 is 5.91 Å². The summed E-state index contributed by atoms with van der Waals surface area (Å²) in [6.45, 7) is 2.95. The lowest BCUT2D eigenvalue weighted by atomic mass is 10.2. The van der Waals surface area contributed by atoms with E-state index >= 15 is 0 Å². The zero-order valence-corrected chi connectivity index (χ0v) is 4.98. The predicted molar refractivity (Wildman–Crippen MR) is 30.2 cm³/mol. The SMILES string of the molecule is CCC1=CC(=O)[NH2+]C1. The quantitative estimate of drug-likeness (QED) is 0.484. The minimum absolute atomic E-state index is 0.182. The van der Waals surface area contributed by atoms with E-state index in [2.05, 4.69) is 6.92 Å². The smallest absolute Gasteiger partial charge is 0.276 e. The van der Waals surface area contributed by atoms with Crippen molar-refractivity contribution in [3.63, 3.8) is 0 Å². The monoisotopic (exact) mass is 112 g/mol. The van der Waals surface area contributed by atoms with Gasteiger partial charge in [-0.1, -0.05) is 6.92 Å². The fourth-order valence-corrected chi connectivity index (χ4v) is 0.797. The molecule has 0 fully saturated rings. The summed E-state index contributed by atoms with van der Waals surface area (Å²) in [6.07, 6.45) is 2.74. The van der Waals surface area contributed by atoms with E-state index in [1.807, 2.05) is 0 Å². The number of carbonyl (C=O) groups excluding carboxylic acids is 1. The van der Waals surface area contributed by atoms with Crippen LogP contribution in [0.25, 0.3) is 0 Å². The molecule has 1 rings (SSSR count). The molecule has 2 heteroatoms. The molecule has 0 aromatic rings. The molecule has 0 aliphatic carbocycles. The van der Waals surface area contributed by atoms with Crippen LogP contribution in [0.4, 0.5) is 0 Å². The minimum atomic E-state index is 0.182. The van der Waals surface area contributed by atoms with Gasteiger partial charge in [0, 0.05) is 6.08 Å². The van der Waals surface area contributed by atoms with Crippen LogP contribution in [0.15, 0.2) is 11.6 Å². The van der Waals surface area contributed by atoms with E-state index in [9.17, 15) is 4.79 Å². The van der Waals surface area contributed by atoms with Crippen LogP contribution in [0.3, 0.4) is 0 Å². The third kappa shape index (κ3) is 0.954. The summed E-state index contributed by atoms with van der Waals surface area (Å²) >= 11 is 0. The first-order valence-electron chi connectivity index (χ1n) is 2.89. The molecule has 0 saturated heterocycles. The van der Waals surface area contributed by atoms with Crippen LogP contribution in [0.1, 0.15) is 13.3 Å². The van der Waals surface area contributed by atoms with Crippen molar-refractivity contribution in [2.24, 2.45) is 0 Å². The number of primary amides is 1. The van der Waals surface area contributed by atoms with E-state index in [4.69, 9.17) is 0 Å². The van der Waals surface area contributed by atoms with Crippen LogP contribution < -0.4 is 5.32 Å². The maximum atomic E-state index is 10.5. The van der Waals surface area contributed by atoms with Crippen molar-refractivity contribution in [1.29, 1.82) is 0 Å². The Hall–Kier alpha value is -0.630. The number of hydrogen-bond acceptors (Lipinski definition) is 1. The zero-order valence-electron chi connectivity index (χ0n) is 4.98. The second-order valence-electron chi connectivity index (χ2n) is 1.97. The number of amides is 1. The van der Waals surface area contributed by atoms with Crippen molar-refractivity contribution in [2.45, 2.75) is 13.3 Å². The van der Waals surface area contributed by atoms with Gasteiger partial charge in [0.2, 0.25) is 0 Å². The lowest BCUT2D eigenvalue weighted by molar-refractivity contribution is -0.550. The molecule has 0 radical (unpaired) electrons. The number of carbonyl (C=O) groups is 1. The first-order valence-corrected chi connectivity index (χ1v) is 2.89. The molecule has 44 valence electrons. The van der Waals surface area contributed by atoms with Gasteiger partial charge in [0.05, 0.1) is 0 Å². The molecule has 2 N–H and O–H groups in total. The first kappa shape index (κ1) is 5.51. The third-order valence-corrected chi connectivity index (χ3v) is 1.37. The zero-order chi connectivity index (χ0) is 5.98. The normalized spacial score (nSPS) is 19.1. The summed E-state index contributed by atoms with van der Waals surface area (Å²) < 4.78 is 0. The van der Waals surface area contributed by atoms with Gasteiger partial charge in [-0.15, -0.1) is 0 Å². The number of quaternary nitrogens is 1. The Balaban J connectivity index is 2.57. The number of hydrogen-bond donors (Lipinski definition) is 1. The van der Waals surface area contributed by atoms with E-state index in [0.29, 0.717) is 0 Å². The standard InChI is InChI=1S/C6H9NO/c1-2-5-3-6(8)7-4-5/h3H,2,4H2,1H3,(H,7,8)/p+1. The molecule has 0 atom stereocenters. The van der Waals surface area contributed by atoms with E-state index in [-0.39, 0.29) is 5.91 Å². The van der Waals surface area contributed by atoms with E-state index < -0.39 is 0 Å². The van der Waals surface area contributed by atoms with Crippen molar-refractivity contribution >= 4 is 5.91 Å². The van der Waals surface area contributed by atoms with Crippen molar-refractivity contribution in [1.82, 2.24) is 0 Å². The first-order chi connectivity index (χ1) is 3.83. The molecule has 8 heavy (non-hydrogen) atoms. The fourth-order valence-electron chi connectivity index (χ4n) is 0.797. The van der Waals surface area contributed by atoms with E-state index in [0.717, 1.165) is 13.0 Å². The van der Waals surface area contributed by atoms with Crippen LogP contribution in [-0.4, -0.2) is 12.5 Å². The number of nitrogens with two attached hydrogens (primary N) is 1. The van der Waals surface area contributed by atoms with Crippen molar-refractivity contribution in [3.8, 4) is 0 Å². The second-order valence-corrected chi connectivity index (χ2v) is 1.97. The van der Waals surface area contributed by atoms with Gasteiger partial charge in [0.25, 0.3) is 0 Å². The Bertz CT molecular complexity index is 137. The summed E-state index contributed by atoms with van der Waals surface area (Å²) in [5.41, 5.74) is 1.26. The van der Waals surface area contributed by atoms with E-state index in [1.165, 1.54) is 5.57 Å². The molecule has 0 spiro atoms. The van der Waals surface area contributed by atoms with Crippen LogP contribution >= 0.6 is 0 Å².